The Labute approximate surface area is 70.4 Å². The van der Waals surface area contributed by atoms with Gasteiger partial charge < -0.3 is 0 Å². The Hall–Kier alpha value is 0. The lowest BCUT2D eigenvalue weighted by Crippen LogP contribution is -2.14. The third-order valence-corrected chi connectivity index (χ3v) is 3.45. The minimum Gasteiger partial charge on any atom is -0.0528 e. The molecule has 0 aromatic heterocycles. The molecule has 2 saturated carbocycles. The highest BCUT2D eigenvalue weighted by Gasteiger charge is 2.20. The zero-order valence-electron chi connectivity index (χ0n) is 7.39. The molecular formula is C11H19. The Kier molecular flexibility index (Phi) is 2.50. The van der Waals surface area contributed by atoms with Gasteiger partial charge in [0.2, 0.25) is 0 Å². The molecule has 0 bridgehead atoms. The molecule has 0 heteroatoms. The summed E-state index contributed by atoms with van der Waals surface area (Å²) in [6, 6.07) is 0. The first-order valence-electron chi connectivity index (χ1n) is 5.27. The number of hydrogen-bond donors (Lipinski definition) is 0. The van der Waals surface area contributed by atoms with Crippen molar-refractivity contribution < 1.29 is 0 Å². The van der Waals surface area contributed by atoms with E-state index in [1.807, 2.05) is 0 Å². The van der Waals surface area contributed by atoms with Crippen molar-refractivity contribution in [2.75, 3.05) is 0 Å². The van der Waals surface area contributed by atoms with Crippen molar-refractivity contribution in [1.29, 1.82) is 0 Å². The van der Waals surface area contributed by atoms with Crippen LogP contribution in [0.1, 0.15) is 51.4 Å². The van der Waals surface area contributed by atoms with Crippen molar-refractivity contribution in [3.63, 3.8) is 0 Å². The third-order valence-electron chi connectivity index (χ3n) is 3.45. The zero-order valence-corrected chi connectivity index (χ0v) is 7.39. The molecule has 2 aliphatic carbocycles. The van der Waals surface area contributed by atoms with Crippen LogP contribution in [0.2, 0.25) is 0 Å². The molecular weight excluding hydrogens is 132 g/mol. The van der Waals surface area contributed by atoms with E-state index in [1.54, 1.807) is 0 Å². The van der Waals surface area contributed by atoms with Crippen molar-refractivity contribution in [1.82, 2.24) is 0 Å². The summed E-state index contributed by atoms with van der Waals surface area (Å²) in [5, 5.41) is 0. The molecule has 0 amide bonds. The molecule has 0 atom stereocenters. The van der Waals surface area contributed by atoms with E-state index in [2.05, 4.69) is 6.42 Å². The van der Waals surface area contributed by atoms with Crippen molar-refractivity contribution in [2.45, 2.75) is 51.4 Å². The van der Waals surface area contributed by atoms with Crippen LogP contribution in [0, 0.1) is 18.3 Å². The standard InChI is InChI=1S/C11H19/c1-4-10(5-1)8-3-9-11-6-2-7-11/h3,10-11H,1-2,4-9H2. The summed E-state index contributed by atoms with van der Waals surface area (Å²) in [4.78, 5) is 0. The average Bonchev–Trinajstić information content (AvgIpc) is 1.79. The first kappa shape index (κ1) is 7.64. The predicted molar refractivity (Wildman–Crippen MR) is 48.2 cm³/mol. The Morgan fingerprint density at radius 1 is 0.818 bits per heavy atom. The minimum atomic E-state index is 1.09. The van der Waals surface area contributed by atoms with Crippen LogP contribution in [0.25, 0.3) is 0 Å². The highest BCUT2D eigenvalue weighted by Crippen LogP contribution is 2.34. The van der Waals surface area contributed by atoms with Gasteiger partial charge in [0.25, 0.3) is 0 Å². The fourth-order valence-electron chi connectivity index (χ4n) is 2.02. The van der Waals surface area contributed by atoms with E-state index in [0.717, 1.165) is 11.8 Å². The maximum Gasteiger partial charge on any atom is -0.0380 e. The second-order valence-electron chi connectivity index (χ2n) is 4.35. The summed E-state index contributed by atoms with van der Waals surface area (Å²) in [5.74, 6) is 2.19. The Balaban J connectivity index is 1.46. The SMILES string of the molecule is [CH](CC1CCC1)CC1CCC1. The molecule has 63 valence electrons. The van der Waals surface area contributed by atoms with Crippen LogP contribution < -0.4 is 0 Å². The topological polar surface area (TPSA) is 0 Å². The molecule has 0 aromatic carbocycles. The molecule has 2 fully saturated rings. The minimum absolute atomic E-state index is 1.09. The summed E-state index contributed by atoms with van der Waals surface area (Å²) in [5.41, 5.74) is 0. The largest absolute Gasteiger partial charge is 0.0528 e. The van der Waals surface area contributed by atoms with Gasteiger partial charge in [0, 0.05) is 0 Å². The zero-order chi connectivity index (χ0) is 7.52. The van der Waals surface area contributed by atoms with Crippen LogP contribution in [0.4, 0.5) is 0 Å². The molecule has 0 N–H and O–H groups in total. The molecule has 11 heavy (non-hydrogen) atoms. The number of rotatable bonds is 4. The highest BCUT2D eigenvalue weighted by molar-refractivity contribution is 4.81. The first-order valence-corrected chi connectivity index (χ1v) is 5.27. The maximum atomic E-state index is 2.56. The summed E-state index contributed by atoms with van der Waals surface area (Å²) in [6.45, 7) is 0. The molecule has 0 saturated heterocycles. The van der Waals surface area contributed by atoms with Crippen LogP contribution in [0.5, 0.6) is 0 Å². The smallest absolute Gasteiger partial charge is 0.0380 e. The van der Waals surface area contributed by atoms with Crippen LogP contribution in [-0.4, -0.2) is 0 Å². The maximum absolute atomic E-state index is 2.56. The quantitative estimate of drug-likeness (QED) is 0.576. The molecule has 2 rings (SSSR count). The van der Waals surface area contributed by atoms with E-state index in [0.29, 0.717) is 0 Å². The summed E-state index contributed by atoms with van der Waals surface area (Å²) in [7, 11) is 0. The van der Waals surface area contributed by atoms with Gasteiger partial charge in [0.1, 0.15) is 0 Å². The van der Waals surface area contributed by atoms with Crippen molar-refractivity contribution in [3.05, 3.63) is 6.42 Å². The summed E-state index contributed by atoms with van der Waals surface area (Å²) >= 11 is 0. The van der Waals surface area contributed by atoms with E-state index < -0.39 is 0 Å². The Bertz CT molecular complexity index is 95.2. The molecule has 0 unspecified atom stereocenters. The fourth-order valence-corrected chi connectivity index (χ4v) is 2.02. The van der Waals surface area contributed by atoms with Gasteiger partial charge in [-0.3, -0.25) is 0 Å². The lowest BCUT2D eigenvalue weighted by Gasteiger charge is -2.28. The molecule has 1 radical (unpaired) electrons. The second kappa shape index (κ2) is 3.60. The van der Waals surface area contributed by atoms with Gasteiger partial charge in [-0.25, -0.2) is 0 Å². The fraction of sp³-hybridized carbons (Fsp3) is 0.909. The Morgan fingerprint density at radius 2 is 1.27 bits per heavy atom. The van der Waals surface area contributed by atoms with Gasteiger partial charge in [-0.2, -0.15) is 0 Å². The lowest BCUT2D eigenvalue weighted by atomic mass is 9.78. The van der Waals surface area contributed by atoms with Crippen molar-refractivity contribution in [2.24, 2.45) is 11.8 Å². The highest BCUT2D eigenvalue weighted by atomic mass is 14.3. The molecule has 0 spiro atoms. The van der Waals surface area contributed by atoms with Crippen molar-refractivity contribution >= 4 is 0 Å². The molecule has 2 aliphatic rings. The van der Waals surface area contributed by atoms with Crippen LogP contribution >= 0.6 is 0 Å². The summed E-state index contributed by atoms with van der Waals surface area (Å²) in [6.07, 6.45) is 14.5. The van der Waals surface area contributed by atoms with E-state index in [1.165, 1.54) is 51.4 Å². The average molecular weight is 151 g/mol. The van der Waals surface area contributed by atoms with Crippen molar-refractivity contribution in [3.8, 4) is 0 Å². The van der Waals surface area contributed by atoms with E-state index in [4.69, 9.17) is 0 Å². The molecule has 0 nitrogen and oxygen atoms in total. The van der Waals surface area contributed by atoms with Crippen LogP contribution in [-0.2, 0) is 0 Å². The van der Waals surface area contributed by atoms with Gasteiger partial charge in [-0.05, 0) is 31.1 Å². The summed E-state index contributed by atoms with van der Waals surface area (Å²) < 4.78 is 0. The van der Waals surface area contributed by atoms with Gasteiger partial charge >= 0.3 is 0 Å². The normalized spacial score (nSPS) is 26.2. The van der Waals surface area contributed by atoms with Gasteiger partial charge in [0.05, 0.1) is 0 Å². The monoisotopic (exact) mass is 151 g/mol. The van der Waals surface area contributed by atoms with Gasteiger partial charge in [0.15, 0.2) is 0 Å². The number of hydrogen-bond acceptors (Lipinski definition) is 0. The van der Waals surface area contributed by atoms with E-state index in [-0.39, 0.29) is 0 Å². The first-order chi connectivity index (χ1) is 5.45. The molecule has 0 aliphatic heterocycles. The van der Waals surface area contributed by atoms with E-state index >= 15 is 0 Å². The van der Waals surface area contributed by atoms with E-state index in [9.17, 15) is 0 Å². The third kappa shape index (κ3) is 1.98. The van der Waals surface area contributed by atoms with Crippen LogP contribution in [0.15, 0.2) is 0 Å². The van der Waals surface area contributed by atoms with Gasteiger partial charge in [-0.1, -0.05) is 38.5 Å². The lowest BCUT2D eigenvalue weighted by molar-refractivity contribution is 0.280. The molecule has 0 aromatic rings. The molecule has 0 heterocycles. The van der Waals surface area contributed by atoms with Gasteiger partial charge in [-0.15, -0.1) is 0 Å². The Morgan fingerprint density at radius 3 is 1.55 bits per heavy atom. The van der Waals surface area contributed by atoms with Crippen LogP contribution in [0.3, 0.4) is 0 Å². The predicted octanol–water partition coefficient (Wildman–Crippen LogP) is 3.57. The second-order valence-corrected chi connectivity index (χ2v) is 4.35.